The Kier molecular flexibility index (Phi) is 3.97. The molecule has 142 valence electrons. The molecule has 2 aromatic carbocycles. The van der Waals surface area contributed by atoms with Gasteiger partial charge in [-0.25, -0.2) is 9.67 Å². The molecule has 1 atom stereocenters. The summed E-state index contributed by atoms with van der Waals surface area (Å²) in [5.41, 5.74) is 7.26. The van der Waals surface area contributed by atoms with E-state index < -0.39 is 11.6 Å². The third kappa shape index (κ3) is 2.47. The Balaban J connectivity index is 1.83. The fraction of sp³-hybridized carbons (Fsp3) is 0.250. The lowest BCUT2D eigenvalue weighted by Crippen LogP contribution is -2.52. The van der Waals surface area contributed by atoms with Crippen LogP contribution in [0, 0.1) is 0 Å². The molecule has 1 amide bonds. The van der Waals surface area contributed by atoms with Crippen LogP contribution >= 0.6 is 11.6 Å². The number of carbonyl (C=O) groups excluding carboxylic acids is 1. The van der Waals surface area contributed by atoms with Crippen molar-refractivity contribution in [2.24, 2.45) is 5.73 Å². The van der Waals surface area contributed by atoms with Crippen molar-refractivity contribution in [3.63, 3.8) is 0 Å². The van der Waals surface area contributed by atoms with Gasteiger partial charge in [0.25, 0.3) is 5.91 Å². The van der Waals surface area contributed by atoms with Crippen molar-refractivity contribution in [3.8, 4) is 5.69 Å². The summed E-state index contributed by atoms with van der Waals surface area (Å²) in [6.07, 6.45) is 0.890. The van der Waals surface area contributed by atoms with Gasteiger partial charge in [0.15, 0.2) is 5.72 Å². The van der Waals surface area contributed by atoms with Gasteiger partial charge < -0.3 is 10.5 Å². The molecule has 28 heavy (non-hydrogen) atoms. The molecule has 3 heterocycles. The minimum Gasteiger partial charge on any atom is -0.363 e. The van der Waals surface area contributed by atoms with Crippen molar-refractivity contribution in [1.82, 2.24) is 19.7 Å². The highest BCUT2D eigenvalue weighted by Gasteiger charge is 2.48. The second-order valence-corrected chi connectivity index (χ2v) is 7.36. The molecule has 0 bridgehead atoms. The molecule has 0 saturated carbocycles. The SMILES string of the molecule is NC(=O)c1nc2n(n1)-c1ccc(Cl)cc1C1(c3ccccc3)OCCCN1C2. The Morgan fingerprint density at radius 3 is 2.82 bits per heavy atom. The van der Waals surface area contributed by atoms with E-state index in [9.17, 15) is 4.79 Å². The molecule has 8 heteroatoms. The molecule has 1 unspecified atom stereocenters. The Morgan fingerprint density at radius 1 is 1.21 bits per heavy atom. The number of halogens is 1. The molecule has 5 rings (SSSR count). The van der Waals surface area contributed by atoms with E-state index in [-0.39, 0.29) is 5.82 Å². The zero-order chi connectivity index (χ0) is 19.3. The summed E-state index contributed by atoms with van der Waals surface area (Å²) in [5, 5.41) is 4.97. The maximum absolute atomic E-state index is 11.7. The minimum atomic E-state index is -0.811. The highest BCUT2D eigenvalue weighted by molar-refractivity contribution is 6.30. The van der Waals surface area contributed by atoms with Crippen molar-refractivity contribution in [2.75, 3.05) is 13.2 Å². The van der Waals surface area contributed by atoms with Crippen LogP contribution in [0.5, 0.6) is 0 Å². The number of carbonyl (C=O) groups is 1. The molecule has 1 aromatic heterocycles. The molecular weight excluding hydrogens is 378 g/mol. The van der Waals surface area contributed by atoms with Crippen LogP contribution in [-0.2, 0) is 17.0 Å². The fourth-order valence-electron chi connectivity index (χ4n) is 4.13. The number of fused-ring (bicyclic) bond motifs is 5. The van der Waals surface area contributed by atoms with E-state index in [1.807, 2.05) is 30.3 Å². The smallest absolute Gasteiger partial charge is 0.288 e. The van der Waals surface area contributed by atoms with Crippen LogP contribution in [0.15, 0.2) is 48.5 Å². The van der Waals surface area contributed by atoms with E-state index >= 15 is 0 Å². The number of primary amides is 1. The average molecular weight is 396 g/mol. The van der Waals surface area contributed by atoms with E-state index in [0.29, 0.717) is 24.0 Å². The standard InChI is InChI=1S/C20H18ClN5O2/c21-14-7-8-16-15(11-14)20(13-5-2-1-3-6-13)25(9-4-10-28-20)12-17-23-19(18(22)27)24-26(16)17/h1-3,5-8,11H,4,9-10,12H2,(H2,22,27). The summed E-state index contributed by atoms with van der Waals surface area (Å²) in [6.45, 7) is 1.89. The first-order chi connectivity index (χ1) is 13.6. The van der Waals surface area contributed by atoms with E-state index in [4.69, 9.17) is 22.1 Å². The van der Waals surface area contributed by atoms with Crippen molar-refractivity contribution >= 4 is 17.5 Å². The van der Waals surface area contributed by atoms with Gasteiger partial charge in [-0.05, 0) is 24.6 Å². The zero-order valence-electron chi connectivity index (χ0n) is 15.0. The number of hydrogen-bond acceptors (Lipinski definition) is 5. The average Bonchev–Trinajstić information content (AvgIpc) is 3.09. The summed E-state index contributed by atoms with van der Waals surface area (Å²) < 4.78 is 8.18. The fourth-order valence-corrected chi connectivity index (χ4v) is 4.30. The molecular formula is C20H18ClN5O2. The van der Waals surface area contributed by atoms with Crippen LogP contribution < -0.4 is 5.73 Å². The van der Waals surface area contributed by atoms with E-state index in [0.717, 1.165) is 29.8 Å². The maximum atomic E-state index is 11.7. The predicted octanol–water partition coefficient (Wildman–Crippen LogP) is 2.46. The second kappa shape index (κ2) is 6.41. The highest BCUT2D eigenvalue weighted by atomic mass is 35.5. The predicted molar refractivity (Wildman–Crippen MR) is 103 cm³/mol. The first kappa shape index (κ1) is 17.4. The van der Waals surface area contributed by atoms with E-state index in [1.54, 1.807) is 10.7 Å². The van der Waals surface area contributed by atoms with Crippen molar-refractivity contribution in [2.45, 2.75) is 18.7 Å². The first-order valence-electron chi connectivity index (χ1n) is 9.10. The molecule has 2 N–H and O–H groups in total. The summed E-state index contributed by atoms with van der Waals surface area (Å²) in [7, 11) is 0. The van der Waals surface area contributed by atoms with Crippen molar-refractivity contribution in [1.29, 1.82) is 0 Å². The van der Waals surface area contributed by atoms with Crippen LogP contribution in [0.3, 0.4) is 0 Å². The molecule has 0 spiro atoms. The van der Waals surface area contributed by atoms with Gasteiger partial charge in [-0.3, -0.25) is 9.69 Å². The first-order valence-corrected chi connectivity index (χ1v) is 9.48. The number of nitrogens with zero attached hydrogens (tertiary/aromatic N) is 4. The number of ether oxygens (including phenoxy) is 1. The van der Waals surface area contributed by atoms with Gasteiger partial charge in [0.2, 0.25) is 5.82 Å². The molecule has 3 aromatic rings. The van der Waals surface area contributed by atoms with Gasteiger partial charge in [0.1, 0.15) is 5.82 Å². The highest BCUT2D eigenvalue weighted by Crippen LogP contribution is 2.45. The van der Waals surface area contributed by atoms with E-state index in [2.05, 4.69) is 27.1 Å². The van der Waals surface area contributed by atoms with Crippen LogP contribution in [0.25, 0.3) is 5.69 Å². The summed E-state index contributed by atoms with van der Waals surface area (Å²) in [4.78, 5) is 18.3. The molecule has 1 fully saturated rings. The Labute approximate surface area is 166 Å². The largest absolute Gasteiger partial charge is 0.363 e. The van der Waals surface area contributed by atoms with Crippen molar-refractivity contribution < 1.29 is 9.53 Å². The number of aromatic nitrogens is 3. The molecule has 0 radical (unpaired) electrons. The summed E-state index contributed by atoms with van der Waals surface area (Å²) in [5.74, 6) is -0.0120. The Bertz CT molecular complexity index is 1070. The second-order valence-electron chi connectivity index (χ2n) is 6.92. The summed E-state index contributed by atoms with van der Waals surface area (Å²) >= 11 is 6.40. The molecule has 0 aliphatic carbocycles. The lowest BCUT2D eigenvalue weighted by molar-refractivity contribution is -0.169. The number of amides is 1. The van der Waals surface area contributed by atoms with Crippen LogP contribution in [-0.4, -0.2) is 38.7 Å². The minimum absolute atomic E-state index is 0.000962. The number of hydrogen-bond donors (Lipinski definition) is 1. The number of rotatable bonds is 2. The summed E-state index contributed by atoms with van der Waals surface area (Å²) in [6, 6.07) is 15.7. The van der Waals surface area contributed by atoms with Crippen LogP contribution in [0.4, 0.5) is 0 Å². The van der Waals surface area contributed by atoms with Gasteiger partial charge >= 0.3 is 0 Å². The normalized spacial score (nSPS) is 21.3. The third-order valence-electron chi connectivity index (χ3n) is 5.27. The van der Waals surface area contributed by atoms with Gasteiger partial charge in [-0.2, -0.15) is 0 Å². The van der Waals surface area contributed by atoms with Gasteiger partial charge in [-0.15, -0.1) is 5.10 Å². The quantitative estimate of drug-likeness (QED) is 0.720. The third-order valence-corrected chi connectivity index (χ3v) is 5.51. The molecule has 1 saturated heterocycles. The van der Waals surface area contributed by atoms with Crippen LogP contribution in [0.2, 0.25) is 5.02 Å². The molecule has 2 aliphatic heterocycles. The Hall–Kier alpha value is -2.74. The lowest BCUT2D eigenvalue weighted by atomic mass is 9.90. The molecule has 7 nitrogen and oxygen atoms in total. The van der Waals surface area contributed by atoms with Crippen molar-refractivity contribution in [3.05, 3.63) is 76.3 Å². The Morgan fingerprint density at radius 2 is 2.04 bits per heavy atom. The zero-order valence-corrected chi connectivity index (χ0v) is 15.8. The molecule has 2 aliphatic rings. The van der Waals surface area contributed by atoms with E-state index in [1.165, 1.54) is 0 Å². The topological polar surface area (TPSA) is 86.3 Å². The van der Waals surface area contributed by atoms with Gasteiger partial charge in [0, 0.05) is 22.7 Å². The maximum Gasteiger partial charge on any atom is 0.288 e. The number of nitrogens with two attached hydrogens (primary N) is 1. The van der Waals surface area contributed by atoms with Gasteiger partial charge in [-0.1, -0.05) is 41.9 Å². The van der Waals surface area contributed by atoms with Crippen LogP contribution in [0.1, 0.15) is 34.0 Å². The monoisotopic (exact) mass is 395 g/mol. The lowest BCUT2D eigenvalue weighted by Gasteiger charge is -2.46. The number of benzene rings is 2. The van der Waals surface area contributed by atoms with Gasteiger partial charge in [0.05, 0.1) is 18.8 Å².